The predicted molar refractivity (Wildman–Crippen MR) is 78.1 cm³/mol. The molecule has 120 valence electrons. The van der Waals surface area contributed by atoms with Gasteiger partial charge in [-0.25, -0.2) is 4.79 Å². The summed E-state index contributed by atoms with van der Waals surface area (Å²) in [6.45, 7) is 3.25. The Balaban J connectivity index is 1.71. The third-order valence-corrected chi connectivity index (χ3v) is 4.53. The van der Waals surface area contributed by atoms with Crippen LogP contribution in [0.4, 0.5) is 0 Å². The van der Waals surface area contributed by atoms with Crippen LogP contribution in [-0.4, -0.2) is 71.7 Å². The molecule has 0 aromatic carbocycles. The quantitative estimate of drug-likeness (QED) is 0.790. The molecule has 2 rings (SSSR count). The number of carbonyl (C=O) groups is 2. The molecule has 0 spiro atoms. The Morgan fingerprint density at radius 1 is 1.29 bits per heavy atom. The number of ether oxygens (including phenoxy) is 1. The normalized spacial score (nSPS) is 22.6. The molecule has 0 aromatic rings. The molecular weight excluding hydrogens is 272 g/mol. The molecular formula is C15H26N2O4. The second-order valence-electron chi connectivity index (χ2n) is 6.57. The summed E-state index contributed by atoms with van der Waals surface area (Å²) >= 11 is 0. The van der Waals surface area contributed by atoms with Gasteiger partial charge in [-0.15, -0.1) is 0 Å². The van der Waals surface area contributed by atoms with Gasteiger partial charge in [-0.3, -0.25) is 9.69 Å². The van der Waals surface area contributed by atoms with Crippen LogP contribution >= 0.6 is 0 Å². The minimum atomic E-state index is -0.956. The second-order valence-corrected chi connectivity index (χ2v) is 6.57. The topological polar surface area (TPSA) is 70.1 Å². The summed E-state index contributed by atoms with van der Waals surface area (Å²) in [4.78, 5) is 26.7. The maximum Gasteiger partial charge on any atom is 0.329 e. The predicted octanol–water partition coefficient (Wildman–Crippen LogP) is 0.953. The van der Waals surface area contributed by atoms with Gasteiger partial charge in [0.25, 0.3) is 0 Å². The molecule has 0 atom stereocenters. The van der Waals surface area contributed by atoms with E-state index < -0.39 is 11.6 Å². The fourth-order valence-corrected chi connectivity index (χ4v) is 3.31. The lowest BCUT2D eigenvalue weighted by Gasteiger charge is -2.47. The van der Waals surface area contributed by atoms with Crippen molar-refractivity contribution in [3.05, 3.63) is 0 Å². The number of nitrogens with zero attached hydrogens (tertiary/aromatic N) is 2. The van der Waals surface area contributed by atoms with Gasteiger partial charge in [0.2, 0.25) is 5.91 Å². The molecule has 0 aromatic heterocycles. The van der Waals surface area contributed by atoms with E-state index >= 15 is 0 Å². The molecule has 1 saturated heterocycles. The molecule has 6 heteroatoms. The maximum absolute atomic E-state index is 12.3. The van der Waals surface area contributed by atoms with Crippen LogP contribution in [0.15, 0.2) is 0 Å². The highest BCUT2D eigenvalue weighted by Gasteiger charge is 2.41. The van der Waals surface area contributed by atoms with Crippen molar-refractivity contribution in [1.29, 1.82) is 0 Å². The smallest absolute Gasteiger partial charge is 0.329 e. The number of aliphatic carboxylic acids is 1. The van der Waals surface area contributed by atoms with Gasteiger partial charge in [0.05, 0.1) is 12.1 Å². The molecule has 1 heterocycles. The van der Waals surface area contributed by atoms with Crippen molar-refractivity contribution in [3.8, 4) is 0 Å². The Hall–Kier alpha value is -1.14. The first-order chi connectivity index (χ1) is 9.89. The zero-order valence-electron chi connectivity index (χ0n) is 13.0. The zero-order chi connectivity index (χ0) is 15.5. The number of carboxylic acids is 1. The fourth-order valence-electron chi connectivity index (χ4n) is 3.31. The lowest BCUT2D eigenvalue weighted by molar-refractivity contribution is -0.168. The molecule has 1 amide bonds. The fraction of sp³-hybridized carbons (Fsp3) is 0.867. The van der Waals surface area contributed by atoms with Gasteiger partial charge < -0.3 is 14.7 Å². The van der Waals surface area contributed by atoms with Gasteiger partial charge >= 0.3 is 5.97 Å². The number of hydrogen-bond donors (Lipinski definition) is 1. The molecule has 0 bridgehead atoms. The molecule has 0 radical (unpaired) electrons. The highest BCUT2D eigenvalue weighted by atomic mass is 16.5. The van der Waals surface area contributed by atoms with Crippen LogP contribution in [0, 0.1) is 0 Å². The second kappa shape index (κ2) is 6.75. The largest absolute Gasteiger partial charge is 0.480 e. The minimum absolute atomic E-state index is 0.155. The number of likely N-dealkylation sites (N-methyl/N-ethyl adjacent to an activating group) is 1. The van der Waals surface area contributed by atoms with Gasteiger partial charge in [0.1, 0.15) is 6.61 Å². The Morgan fingerprint density at radius 3 is 2.48 bits per heavy atom. The van der Waals surface area contributed by atoms with Gasteiger partial charge in [0.15, 0.2) is 0 Å². The third-order valence-electron chi connectivity index (χ3n) is 4.53. The van der Waals surface area contributed by atoms with E-state index in [1.54, 1.807) is 0 Å². The van der Waals surface area contributed by atoms with E-state index in [1.807, 2.05) is 23.8 Å². The Bertz CT molecular complexity index is 387. The number of carbonyl (C=O) groups excluding carboxylic acids is 1. The number of likely N-dealkylation sites (tertiary alicyclic amines) is 1. The number of amides is 1. The van der Waals surface area contributed by atoms with Crippen LogP contribution < -0.4 is 0 Å². The monoisotopic (exact) mass is 298 g/mol. The van der Waals surface area contributed by atoms with E-state index in [0.717, 1.165) is 12.8 Å². The third kappa shape index (κ3) is 4.41. The SMILES string of the molecule is CN(C(=O)CN1CC(C)(OCC(=O)O)C1)C1CCCCC1. The highest BCUT2D eigenvalue weighted by Crippen LogP contribution is 2.25. The first-order valence-electron chi connectivity index (χ1n) is 7.73. The molecule has 21 heavy (non-hydrogen) atoms. The minimum Gasteiger partial charge on any atom is -0.480 e. The lowest BCUT2D eigenvalue weighted by Crippen LogP contribution is -2.63. The summed E-state index contributed by atoms with van der Waals surface area (Å²) in [5.41, 5.74) is -0.428. The van der Waals surface area contributed by atoms with Crippen LogP contribution in [-0.2, 0) is 14.3 Å². The molecule has 1 aliphatic carbocycles. The summed E-state index contributed by atoms with van der Waals surface area (Å²) < 4.78 is 5.35. The molecule has 1 saturated carbocycles. The van der Waals surface area contributed by atoms with E-state index in [2.05, 4.69) is 0 Å². The molecule has 0 unspecified atom stereocenters. The standard InChI is InChI=1S/C15H26N2O4/c1-15(21-9-14(19)20)10-17(11-15)8-13(18)16(2)12-6-4-3-5-7-12/h12H,3-11H2,1-2H3,(H,19,20). The Morgan fingerprint density at radius 2 is 1.90 bits per heavy atom. The van der Waals surface area contributed by atoms with Crippen molar-refractivity contribution in [2.24, 2.45) is 0 Å². The summed E-state index contributed by atoms with van der Waals surface area (Å²) in [5, 5.41) is 8.63. The molecule has 1 aliphatic heterocycles. The van der Waals surface area contributed by atoms with Crippen molar-refractivity contribution in [3.63, 3.8) is 0 Å². The molecule has 1 N–H and O–H groups in total. The van der Waals surface area contributed by atoms with Crippen molar-refractivity contribution in [2.45, 2.75) is 50.7 Å². The molecule has 2 aliphatic rings. The van der Waals surface area contributed by atoms with Crippen molar-refractivity contribution >= 4 is 11.9 Å². The summed E-state index contributed by atoms with van der Waals surface area (Å²) in [6.07, 6.45) is 5.94. The van der Waals surface area contributed by atoms with Crippen LogP contribution in [0.25, 0.3) is 0 Å². The lowest BCUT2D eigenvalue weighted by atomic mass is 9.94. The van der Waals surface area contributed by atoms with E-state index in [-0.39, 0.29) is 12.5 Å². The number of carboxylic acid groups (broad SMARTS) is 1. The Labute approximate surface area is 126 Å². The first kappa shape index (κ1) is 16.2. The van der Waals surface area contributed by atoms with Crippen LogP contribution in [0.1, 0.15) is 39.0 Å². The summed E-state index contributed by atoms with van der Waals surface area (Å²) in [6, 6.07) is 0.391. The Kier molecular flexibility index (Phi) is 5.22. The highest BCUT2D eigenvalue weighted by molar-refractivity contribution is 5.78. The first-order valence-corrected chi connectivity index (χ1v) is 7.73. The van der Waals surface area contributed by atoms with Crippen molar-refractivity contribution in [2.75, 3.05) is 33.3 Å². The molecule has 6 nitrogen and oxygen atoms in total. The van der Waals surface area contributed by atoms with Crippen LogP contribution in [0.2, 0.25) is 0 Å². The van der Waals surface area contributed by atoms with E-state index in [0.29, 0.717) is 25.7 Å². The van der Waals surface area contributed by atoms with E-state index in [4.69, 9.17) is 9.84 Å². The van der Waals surface area contributed by atoms with E-state index in [1.165, 1.54) is 19.3 Å². The van der Waals surface area contributed by atoms with Crippen molar-refractivity contribution in [1.82, 2.24) is 9.80 Å². The zero-order valence-corrected chi connectivity index (χ0v) is 13.0. The summed E-state index contributed by atoms with van der Waals surface area (Å²) in [7, 11) is 1.90. The van der Waals surface area contributed by atoms with Crippen molar-refractivity contribution < 1.29 is 19.4 Å². The van der Waals surface area contributed by atoms with Crippen LogP contribution in [0.3, 0.4) is 0 Å². The van der Waals surface area contributed by atoms with Gasteiger partial charge in [-0.05, 0) is 19.8 Å². The van der Waals surface area contributed by atoms with Gasteiger partial charge in [-0.1, -0.05) is 19.3 Å². The van der Waals surface area contributed by atoms with Gasteiger partial charge in [0, 0.05) is 26.2 Å². The molecule has 2 fully saturated rings. The maximum atomic E-state index is 12.3. The van der Waals surface area contributed by atoms with Crippen LogP contribution in [0.5, 0.6) is 0 Å². The van der Waals surface area contributed by atoms with Gasteiger partial charge in [-0.2, -0.15) is 0 Å². The summed E-state index contributed by atoms with van der Waals surface area (Å²) in [5.74, 6) is -0.801. The number of hydrogen-bond acceptors (Lipinski definition) is 4. The number of rotatable bonds is 6. The average molecular weight is 298 g/mol. The average Bonchev–Trinajstić information content (AvgIpc) is 2.43. The van der Waals surface area contributed by atoms with E-state index in [9.17, 15) is 9.59 Å².